The summed E-state index contributed by atoms with van der Waals surface area (Å²) in [5.74, 6) is -0.933. The Bertz CT molecular complexity index is 415. The highest BCUT2D eigenvalue weighted by Crippen LogP contribution is 2.36. The van der Waals surface area contributed by atoms with Gasteiger partial charge in [0.05, 0.1) is 12.5 Å². The molecule has 0 saturated carbocycles. The van der Waals surface area contributed by atoms with Gasteiger partial charge in [-0.25, -0.2) is 0 Å². The van der Waals surface area contributed by atoms with Crippen LogP contribution in [0.3, 0.4) is 0 Å². The van der Waals surface area contributed by atoms with E-state index in [-0.39, 0.29) is 5.97 Å². The third-order valence-electron chi connectivity index (χ3n) is 3.08. The van der Waals surface area contributed by atoms with Crippen molar-refractivity contribution >= 4 is 21.9 Å². The largest absolute Gasteiger partial charge is 0.466 e. The van der Waals surface area contributed by atoms with Crippen molar-refractivity contribution in [3.05, 3.63) is 34.3 Å². The van der Waals surface area contributed by atoms with Crippen molar-refractivity contribution in [1.82, 2.24) is 0 Å². The number of esters is 1. The highest BCUT2D eigenvalue weighted by atomic mass is 79.9. The minimum absolute atomic E-state index is 0.321. The molecule has 0 aliphatic carbocycles. The first kappa shape index (κ1) is 15.2. The molecular formula is C14H19BrO3. The Morgan fingerprint density at radius 1 is 1.44 bits per heavy atom. The number of aliphatic hydroxyl groups is 1. The first-order valence-electron chi connectivity index (χ1n) is 6.09. The molecule has 0 radical (unpaired) electrons. The highest BCUT2D eigenvalue weighted by Gasteiger charge is 2.39. The number of benzene rings is 1. The summed E-state index contributed by atoms with van der Waals surface area (Å²) in [7, 11) is 0. The molecule has 1 aromatic carbocycles. The fraction of sp³-hybridized carbons (Fsp3) is 0.500. The number of carbonyl (C=O) groups excluding carboxylic acids is 1. The predicted octanol–water partition coefficient (Wildman–Crippen LogP) is 3.25. The van der Waals surface area contributed by atoms with Crippen LogP contribution < -0.4 is 0 Å². The number of ether oxygens (including phenoxy) is 1. The molecule has 18 heavy (non-hydrogen) atoms. The van der Waals surface area contributed by atoms with E-state index in [2.05, 4.69) is 15.9 Å². The molecule has 0 saturated heterocycles. The maximum absolute atomic E-state index is 11.9. The van der Waals surface area contributed by atoms with Gasteiger partial charge in [0.25, 0.3) is 0 Å². The molecule has 0 heterocycles. The second-order valence-electron chi connectivity index (χ2n) is 4.34. The lowest BCUT2D eigenvalue weighted by molar-refractivity contribution is -0.158. The Balaban J connectivity index is 3.10. The summed E-state index contributed by atoms with van der Waals surface area (Å²) in [6.07, 6.45) is 0.521. The van der Waals surface area contributed by atoms with Crippen molar-refractivity contribution in [3.8, 4) is 0 Å². The molecule has 2 unspecified atom stereocenters. The van der Waals surface area contributed by atoms with Crippen LogP contribution in [-0.4, -0.2) is 17.7 Å². The van der Waals surface area contributed by atoms with Crippen molar-refractivity contribution in [3.63, 3.8) is 0 Å². The Hall–Kier alpha value is -0.870. The highest BCUT2D eigenvalue weighted by molar-refractivity contribution is 9.10. The van der Waals surface area contributed by atoms with Gasteiger partial charge >= 0.3 is 5.97 Å². The summed E-state index contributed by atoms with van der Waals surface area (Å²) in [5.41, 5.74) is -0.550. The number of rotatable bonds is 5. The normalized spacial score (nSPS) is 15.8. The average molecular weight is 315 g/mol. The van der Waals surface area contributed by atoms with E-state index >= 15 is 0 Å². The fourth-order valence-electron chi connectivity index (χ4n) is 2.10. The van der Waals surface area contributed by atoms with Crippen molar-refractivity contribution in [2.45, 2.75) is 32.8 Å². The standard InChI is InChI=1S/C14H19BrO3/c1-4-10(13(16)18-5-2)14(3,17)11-8-6-7-9-12(11)15/h6-10,17H,4-5H2,1-3H3. The number of hydrogen-bond acceptors (Lipinski definition) is 3. The van der Waals surface area contributed by atoms with Gasteiger partial charge in [0.2, 0.25) is 0 Å². The lowest BCUT2D eigenvalue weighted by Gasteiger charge is -2.31. The molecule has 100 valence electrons. The van der Waals surface area contributed by atoms with Gasteiger partial charge in [-0.15, -0.1) is 0 Å². The Morgan fingerprint density at radius 3 is 2.56 bits per heavy atom. The second kappa shape index (κ2) is 6.34. The van der Waals surface area contributed by atoms with Gasteiger partial charge in [0.15, 0.2) is 0 Å². The SMILES string of the molecule is CCOC(=O)C(CC)C(C)(O)c1ccccc1Br. The van der Waals surface area contributed by atoms with Crippen molar-refractivity contribution in [2.75, 3.05) is 6.61 Å². The fourth-order valence-corrected chi connectivity index (χ4v) is 2.78. The third kappa shape index (κ3) is 3.12. The van der Waals surface area contributed by atoms with Crippen LogP contribution >= 0.6 is 15.9 Å². The van der Waals surface area contributed by atoms with Crippen molar-refractivity contribution in [1.29, 1.82) is 0 Å². The minimum Gasteiger partial charge on any atom is -0.466 e. The van der Waals surface area contributed by atoms with Gasteiger partial charge in [-0.1, -0.05) is 41.1 Å². The molecule has 0 aliphatic heterocycles. The van der Waals surface area contributed by atoms with Crippen LogP contribution in [0.25, 0.3) is 0 Å². The zero-order valence-corrected chi connectivity index (χ0v) is 12.5. The van der Waals surface area contributed by atoms with Gasteiger partial charge in [0.1, 0.15) is 5.60 Å². The van der Waals surface area contributed by atoms with E-state index < -0.39 is 11.5 Å². The second-order valence-corrected chi connectivity index (χ2v) is 5.19. The van der Waals surface area contributed by atoms with Crippen molar-refractivity contribution in [2.24, 2.45) is 5.92 Å². The van der Waals surface area contributed by atoms with E-state index in [9.17, 15) is 9.90 Å². The Labute approximate surface area is 116 Å². The Morgan fingerprint density at radius 2 is 2.06 bits per heavy atom. The van der Waals surface area contributed by atoms with E-state index in [0.29, 0.717) is 18.6 Å². The molecule has 0 bridgehead atoms. The van der Waals surface area contributed by atoms with Crippen LogP contribution in [0.5, 0.6) is 0 Å². The van der Waals surface area contributed by atoms with E-state index in [1.54, 1.807) is 13.8 Å². The van der Waals surface area contributed by atoms with E-state index in [1.807, 2.05) is 31.2 Å². The van der Waals surface area contributed by atoms with Crippen LogP contribution in [0.4, 0.5) is 0 Å². The molecule has 2 atom stereocenters. The van der Waals surface area contributed by atoms with Crippen LogP contribution in [0.1, 0.15) is 32.8 Å². The van der Waals surface area contributed by atoms with Gasteiger partial charge in [-0.3, -0.25) is 4.79 Å². The number of halogens is 1. The summed E-state index contributed by atoms with van der Waals surface area (Å²) < 4.78 is 5.82. The summed E-state index contributed by atoms with van der Waals surface area (Å²) in [6.45, 7) is 5.60. The lowest BCUT2D eigenvalue weighted by Crippen LogP contribution is -2.38. The summed E-state index contributed by atoms with van der Waals surface area (Å²) in [6, 6.07) is 7.37. The van der Waals surface area contributed by atoms with Crippen LogP contribution in [0, 0.1) is 5.92 Å². The third-order valence-corrected chi connectivity index (χ3v) is 3.77. The summed E-state index contributed by atoms with van der Waals surface area (Å²) in [5, 5.41) is 10.7. The van der Waals surface area contributed by atoms with Crippen LogP contribution in [0.15, 0.2) is 28.7 Å². The zero-order chi connectivity index (χ0) is 13.8. The summed E-state index contributed by atoms with van der Waals surface area (Å²) >= 11 is 3.41. The number of hydrogen-bond donors (Lipinski definition) is 1. The summed E-state index contributed by atoms with van der Waals surface area (Å²) in [4.78, 5) is 11.9. The van der Waals surface area contributed by atoms with Crippen LogP contribution in [0.2, 0.25) is 0 Å². The molecular weight excluding hydrogens is 296 g/mol. The molecule has 0 aliphatic rings. The minimum atomic E-state index is -1.25. The topological polar surface area (TPSA) is 46.5 Å². The molecule has 0 fully saturated rings. The molecule has 0 aromatic heterocycles. The number of carbonyl (C=O) groups is 1. The van der Waals surface area contributed by atoms with E-state index in [0.717, 1.165) is 4.47 Å². The monoisotopic (exact) mass is 314 g/mol. The van der Waals surface area contributed by atoms with Crippen LogP contribution in [-0.2, 0) is 15.1 Å². The van der Waals surface area contributed by atoms with Gasteiger partial charge in [-0.05, 0) is 31.9 Å². The molecule has 1 aromatic rings. The molecule has 0 amide bonds. The van der Waals surface area contributed by atoms with Gasteiger partial charge in [0, 0.05) is 4.47 Å². The van der Waals surface area contributed by atoms with Gasteiger partial charge in [-0.2, -0.15) is 0 Å². The molecule has 1 rings (SSSR count). The molecule has 0 spiro atoms. The maximum atomic E-state index is 11.9. The van der Waals surface area contributed by atoms with E-state index in [4.69, 9.17) is 4.74 Å². The predicted molar refractivity (Wildman–Crippen MR) is 74.1 cm³/mol. The first-order chi connectivity index (χ1) is 8.45. The average Bonchev–Trinajstić information content (AvgIpc) is 2.30. The maximum Gasteiger partial charge on any atom is 0.312 e. The first-order valence-corrected chi connectivity index (χ1v) is 6.88. The van der Waals surface area contributed by atoms with Gasteiger partial charge < -0.3 is 9.84 Å². The molecule has 4 heteroatoms. The van der Waals surface area contributed by atoms with E-state index in [1.165, 1.54) is 0 Å². The smallest absolute Gasteiger partial charge is 0.312 e. The molecule has 1 N–H and O–H groups in total. The molecule has 3 nitrogen and oxygen atoms in total. The quantitative estimate of drug-likeness (QED) is 0.849. The Kier molecular flexibility index (Phi) is 5.35. The lowest BCUT2D eigenvalue weighted by atomic mass is 9.81. The zero-order valence-electron chi connectivity index (χ0n) is 10.9. The van der Waals surface area contributed by atoms with Crippen molar-refractivity contribution < 1.29 is 14.6 Å².